The van der Waals surface area contributed by atoms with E-state index in [0.717, 1.165) is 17.7 Å². The molecule has 6 nitrogen and oxygen atoms in total. The normalized spacial score (nSPS) is 15.9. The molecule has 0 spiro atoms. The van der Waals surface area contributed by atoms with Gasteiger partial charge in [-0.1, -0.05) is 17.7 Å². The number of rotatable bonds is 2. The molecule has 174 valence electrons. The molecule has 9 heteroatoms. The second-order valence-electron chi connectivity index (χ2n) is 8.02. The molecular formula is C24H25F3N4O2. The van der Waals surface area contributed by atoms with E-state index in [1.807, 2.05) is 24.0 Å². The van der Waals surface area contributed by atoms with Crippen LogP contribution < -0.4 is 10.1 Å². The number of hydrogen-bond acceptors (Lipinski definition) is 4. The van der Waals surface area contributed by atoms with Crippen molar-refractivity contribution in [2.45, 2.75) is 19.5 Å². The molecule has 2 aliphatic rings. The van der Waals surface area contributed by atoms with Crippen molar-refractivity contribution in [3.63, 3.8) is 0 Å². The van der Waals surface area contributed by atoms with Crippen molar-refractivity contribution in [3.8, 4) is 11.5 Å². The smallest absolute Gasteiger partial charge is 0.416 e. The molecule has 1 fully saturated rings. The third-order valence-electron chi connectivity index (χ3n) is 5.59. The van der Waals surface area contributed by atoms with Gasteiger partial charge in [0.2, 0.25) is 0 Å². The monoisotopic (exact) mass is 458 g/mol. The lowest BCUT2D eigenvalue weighted by Crippen LogP contribution is -2.42. The first-order valence-corrected chi connectivity index (χ1v) is 10.7. The number of carbonyl (C=O) groups is 1. The molecule has 4 rings (SSSR count). The number of alkyl halides is 3. The van der Waals surface area contributed by atoms with Gasteiger partial charge in [0, 0.05) is 32.7 Å². The molecule has 0 aliphatic carbocycles. The number of nitrogens with zero attached hydrogens (tertiary/aromatic N) is 3. The number of halogens is 3. The van der Waals surface area contributed by atoms with Crippen molar-refractivity contribution in [2.75, 3.05) is 32.7 Å². The van der Waals surface area contributed by atoms with Crippen LogP contribution in [0.2, 0.25) is 0 Å². The number of urea groups is 1. The Labute approximate surface area is 190 Å². The highest BCUT2D eigenvalue weighted by Gasteiger charge is 2.32. The van der Waals surface area contributed by atoms with Gasteiger partial charge in [0.1, 0.15) is 17.3 Å². The van der Waals surface area contributed by atoms with Gasteiger partial charge in [-0.3, -0.25) is 0 Å². The fourth-order valence-electron chi connectivity index (χ4n) is 3.91. The maximum absolute atomic E-state index is 13.3. The third-order valence-corrected chi connectivity index (χ3v) is 5.59. The Morgan fingerprint density at radius 2 is 1.94 bits per heavy atom. The van der Waals surface area contributed by atoms with Crippen LogP contribution in [0.25, 0.3) is 0 Å². The Morgan fingerprint density at radius 3 is 2.70 bits per heavy atom. The lowest BCUT2D eigenvalue weighted by molar-refractivity contribution is -0.137. The first-order valence-electron chi connectivity index (χ1n) is 10.7. The number of ether oxygens (including phenoxy) is 1. The molecule has 2 heterocycles. The van der Waals surface area contributed by atoms with Crippen molar-refractivity contribution in [1.29, 1.82) is 0 Å². The van der Waals surface area contributed by atoms with Gasteiger partial charge in [-0.25, -0.2) is 9.79 Å². The number of fused-ring (bicyclic) bond motifs is 2. The van der Waals surface area contributed by atoms with Gasteiger partial charge in [0.25, 0.3) is 0 Å². The molecular weight excluding hydrogens is 433 g/mol. The van der Waals surface area contributed by atoms with Gasteiger partial charge in [-0.05, 0) is 43.7 Å². The molecule has 33 heavy (non-hydrogen) atoms. The van der Waals surface area contributed by atoms with Crippen LogP contribution in [0.4, 0.5) is 23.7 Å². The van der Waals surface area contributed by atoms with Crippen molar-refractivity contribution < 1.29 is 22.7 Å². The molecule has 0 aromatic heterocycles. The zero-order valence-electron chi connectivity index (χ0n) is 18.3. The van der Waals surface area contributed by atoms with Gasteiger partial charge in [0.05, 0.1) is 11.1 Å². The Morgan fingerprint density at radius 1 is 1.15 bits per heavy atom. The highest BCUT2D eigenvalue weighted by molar-refractivity contribution is 6.04. The van der Waals surface area contributed by atoms with Crippen LogP contribution in [0.3, 0.4) is 0 Å². The van der Waals surface area contributed by atoms with E-state index < -0.39 is 11.7 Å². The number of hydrogen-bond donors (Lipinski definition) is 1. The number of aliphatic imine (C=N–C) groups is 1. The van der Waals surface area contributed by atoms with Gasteiger partial charge in [-0.15, -0.1) is 6.58 Å². The molecule has 0 atom stereocenters. The molecule has 2 aromatic carbocycles. The minimum Gasteiger partial charge on any atom is -0.454 e. The SMILES string of the molecule is C=CCNC(=O)N1CCCN(C2=Nc3cc(C(F)(F)F)ccc3Oc3ccc(C)cc32)CC1. The standard InChI is InChI=1S/C24H25F3N4O2/c1-3-9-28-23(32)31-11-4-10-30(12-13-31)22-18-14-16(2)5-7-20(18)33-21-8-6-17(24(25,26)27)15-19(21)29-22/h3,5-8,14-15H,1,4,9-13H2,2H3,(H,28,32). The average molecular weight is 458 g/mol. The van der Waals surface area contributed by atoms with E-state index in [0.29, 0.717) is 56.3 Å². The summed E-state index contributed by atoms with van der Waals surface area (Å²) in [6.07, 6.45) is -2.17. The van der Waals surface area contributed by atoms with E-state index in [9.17, 15) is 18.0 Å². The van der Waals surface area contributed by atoms with Crippen LogP contribution in [-0.2, 0) is 6.18 Å². The van der Waals surface area contributed by atoms with E-state index in [1.165, 1.54) is 6.07 Å². The predicted molar refractivity (Wildman–Crippen MR) is 120 cm³/mol. The molecule has 0 saturated carbocycles. The van der Waals surface area contributed by atoms with Crippen LogP contribution in [0.1, 0.15) is 23.1 Å². The summed E-state index contributed by atoms with van der Waals surface area (Å²) < 4.78 is 46.0. The molecule has 1 saturated heterocycles. The number of carbonyl (C=O) groups excluding carboxylic acids is 1. The summed E-state index contributed by atoms with van der Waals surface area (Å²) in [6, 6.07) is 8.77. The van der Waals surface area contributed by atoms with Crippen molar-refractivity contribution in [2.24, 2.45) is 4.99 Å². The Hall–Kier alpha value is -3.49. The first-order chi connectivity index (χ1) is 15.8. The second kappa shape index (κ2) is 9.17. The highest BCUT2D eigenvalue weighted by atomic mass is 19.4. The van der Waals surface area contributed by atoms with Crippen LogP contribution in [0.5, 0.6) is 11.5 Å². The van der Waals surface area contributed by atoms with Crippen molar-refractivity contribution in [3.05, 3.63) is 65.7 Å². The number of nitrogens with one attached hydrogen (secondary N) is 1. The van der Waals surface area contributed by atoms with Crippen LogP contribution in [0.15, 0.2) is 54.0 Å². The van der Waals surface area contributed by atoms with Crippen molar-refractivity contribution in [1.82, 2.24) is 15.1 Å². The van der Waals surface area contributed by atoms with E-state index >= 15 is 0 Å². The van der Waals surface area contributed by atoms with Gasteiger partial charge in [0.15, 0.2) is 5.75 Å². The average Bonchev–Trinajstić information content (AvgIpc) is 3.11. The van der Waals surface area contributed by atoms with Gasteiger partial charge >= 0.3 is 12.2 Å². The molecule has 0 bridgehead atoms. The van der Waals surface area contributed by atoms with Crippen LogP contribution in [0, 0.1) is 6.92 Å². The van der Waals surface area contributed by atoms with E-state index in [1.54, 1.807) is 17.0 Å². The van der Waals surface area contributed by atoms with Gasteiger partial charge in [-0.2, -0.15) is 13.2 Å². The molecule has 1 N–H and O–H groups in total. The summed E-state index contributed by atoms with van der Waals surface area (Å²) in [5.41, 5.74) is 1.03. The fourth-order valence-corrected chi connectivity index (χ4v) is 3.91. The summed E-state index contributed by atoms with van der Waals surface area (Å²) in [5.74, 6) is 1.34. The number of aryl methyl sites for hydroxylation is 1. The number of benzene rings is 2. The second-order valence-corrected chi connectivity index (χ2v) is 8.02. The Balaban J connectivity index is 1.71. The van der Waals surface area contributed by atoms with Crippen LogP contribution >= 0.6 is 0 Å². The first kappa shape index (κ1) is 22.7. The third kappa shape index (κ3) is 4.97. The fraction of sp³-hybridized carbons (Fsp3) is 0.333. The summed E-state index contributed by atoms with van der Waals surface area (Å²) in [7, 11) is 0. The highest BCUT2D eigenvalue weighted by Crippen LogP contribution is 2.42. The predicted octanol–water partition coefficient (Wildman–Crippen LogP) is 5.10. The minimum atomic E-state index is -4.48. The Kier molecular flexibility index (Phi) is 6.31. The summed E-state index contributed by atoms with van der Waals surface area (Å²) in [5, 5.41) is 2.78. The maximum Gasteiger partial charge on any atom is 0.416 e. The summed E-state index contributed by atoms with van der Waals surface area (Å²) in [4.78, 5) is 20.8. The molecule has 2 amide bonds. The topological polar surface area (TPSA) is 57.2 Å². The van der Waals surface area contributed by atoms with Crippen molar-refractivity contribution >= 4 is 17.6 Å². The molecule has 2 aliphatic heterocycles. The summed E-state index contributed by atoms with van der Waals surface area (Å²) in [6.45, 7) is 8.04. The Bertz CT molecular complexity index is 1100. The number of amides is 2. The zero-order valence-corrected chi connectivity index (χ0v) is 18.3. The van der Waals surface area contributed by atoms with Crippen LogP contribution in [-0.4, -0.2) is 54.4 Å². The zero-order chi connectivity index (χ0) is 23.6. The maximum atomic E-state index is 13.3. The minimum absolute atomic E-state index is 0.124. The lowest BCUT2D eigenvalue weighted by atomic mass is 10.1. The van der Waals surface area contributed by atoms with E-state index in [-0.39, 0.29) is 17.5 Å². The molecule has 0 radical (unpaired) electrons. The number of amidine groups is 1. The van der Waals surface area contributed by atoms with Gasteiger partial charge < -0.3 is 19.9 Å². The quantitative estimate of drug-likeness (QED) is 0.637. The summed E-state index contributed by atoms with van der Waals surface area (Å²) >= 11 is 0. The molecule has 2 aromatic rings. The largest absolute Gasteiger partial charge is 0.454 e. The lowest BCUT2D eigenvalue weighted by Gasteiger charge is -2.25. The van der Waals surface area contributed by atoms with E-state index in [2.05, 4.69) is 16.9 Å². The molecule has 0 unspecified atom stereocenters. The van der Waals surface area contributed by atoms with E-state index in [4.69, 9.17) is 4.74 Å².